The second-order valence-electron chi connectivity index (χ2n) is 4.31. The molecule has 0 unspecified atom stereocenters. The van der Waals surface area contributed by atoms with Gasteiger partial charge in [0.05, 0.1) is 18.6 Å². The number of hydrogen-bond acceptors (Lipinski definition) is 5. The molecule has 1 aromatic carbocycles. The minimum absolute atomic E-state index is 0.723. The number of anilines is 1. The lowest BCUT2D eigenvalue weighted by Crippen LogP contribution is -2.47. The third-order valence-corrected chi connectivity index (χ3v) is 3.86. The fraction of sp³-hybridized carbons (Fsp3) is 0.308. The molecule has 1 aromatic heterocycles. The van der Waals surface area contributed by atoms with Crippen LogP contribution in [-0.2, 0) is 0 Å². The molecular formula is C13H14ClN3OS. The average molecular weight is 296 g/mol. The van der Waals surface area contributed by atoms with Crippen molar-refractivity contribution >= 4 is 28.8 Å². The highest BCUT2D eigenvalue weighted by molar-refractivity contribution is 7.07. The van der Waals surface area contributed by atoms with Crippen LogP contribution in [0.2, 0.25) is 5.02 Å². The van der Waals surface area contributed by atoms with Crippen LogP contribution in [0.4, 0.5) is 5.82 Å². The van der Waals surface area contributed by atoms with Gasteiger partial charge in [-0.3, -0.25) is 0 Å². The zero-order valence-corrected chi connectivity index (χ0v) is 11.9. The van der Waals surface area contributed by atoms with Crippen molar-refractivity contribution in [1.82, 2.24) is 10.0 Å². The Morgan fingerprint density at radius 2 is 1.84 bits per heavy atom. The molecular weight excluding hydrogens is 282 g/mol. The van der Waals surface area contributed by atoms with E-state index in [9.17, 15) is 0 Å². The Hall–Kier alpha value is -1.30. The van der Waals surface area contributed by atoms with E-state index in [2.05, 4.69) is 15.3 Å². The highest BCUT2D eigenvalue weighted by atomic mass is 35.5. The van der Waals surface area contributed by atoms with E-state index < -0.39 is 0 Å². The van der Waals surface area contributed by atoms with E-state index in [-0.39, 0.29) is 0 Å². The Balaban J connectivity index is 1.54. The summed E-state index contributed by atoms with van der Waals surface area (Å²) >= 11 is 7.48. The molecule has 0 spiro atoms. The number of thiazole rings is 1. The Morgan fingerprint density at radius 1 is 1.11 bits per heavy atom. The second kappa shape index (κ2) is 5.77. The summed E-state index contributed by atoms with van der Waals surface area (Å²) in [4.78, 5) is 12.4. The molecule has 0 atom stereocenters. The number of benzene rings is 1. The molecule has 100 valence electrons. The number of halogens is 1. The fourth-order valence-corrected chi connectivity index (χ4v) is 2.70. The maximum Gasteiger partial charge on any atom is 0.147 e. The number of hydrogen-bond donors (Lipinski definition) is 0. The van der Waals surface area contributed by atoms with Crippen molar-refractivity contribution in [3.05, 3.63) is 40.2 Å². The highest BCUT2D eigenvalue weighted by Crippen LogP contribution is 2.19. The first kappa shape index (κ1) is 12.7. The SMILES string of the molecule is Clc1ccc(ON2CCN(c3cscn3)CC2)cc1. The lowest BCUT2D eigenvalue weighted by Gasteiger charge is -2.34. The van der Waals surface area contributed by atoms with Gasteiger partial charge >= 0.3 is 0 Å². The van der Waals surface area contributed by atoms with Gasteiger partial charge in [-0.05, 0) is 24.3 Å². The van der Waals surface area contributed by atoms with Crippen LogP contribution in [0.3, 0.4) is 0 Å². The molecule has 4 nitrogen and oxygen atoms in total. The van der Waals surface area contributed by atoms with E-state index in [1.54, 1.807) is 11.3 Å². The van der Waals surface area contributed by atoms with Crippen LogP contribution < -0.4 is 9.74 Å². The summed E-state index contributed by atoms with van der Waals surface area (Å²) in [6.45, 7) is 3.58. The van der Waals surface area contributed by atoms with Crippen molar-refractivity contribution in [3.8, 4) is 5.75 Å². The molecule has 3 rings (SSSR count). The molecule has 0 N–H and O–H groups in total. The average Bonchev–Trinajstić information content (AvgIpc) is 2.96. The lowest BCUT2D eigenvalue weighted by atomic mass is 10.3. The van der Waals surface area contributed by atoms with E-state index in [0.717, 1.165) is 42.8 Å². The lowest BCUT2D eigenvalue weighted by molar-refractivity contribution is -0.0620. The van der Waals surface area contributed by atoms with Crippen LogP contribution in [0.1, 0.15) is 0 Å². The molecule has 1 fully saturated rings. The van der Waals surface area contributed by atoms with E-state index in [0.29, 0.717) is 0 Å². The molecule has 0 saturated carbocycles. The third-order valence-electron chi connectivity index (χ3n) is 3.03. The summed E-state index contributed by atoms with van der Waals surface area (Å²) in [7, 11) is 0. The van der Waals surface area contributed by atoms with Gasteiger partial charge < -0.3 is 9.74 Å². The Labute approximate surface area is 121 Å². The maximum atomic E-state index is 5.85. The Kier molecular flexibility index (Phi) is 3.87. The predicted octanol–water partition coefficient (Wildman–Crippen LogP) is 2.91. The summed E-state index contributed by atoms with van der Waals surface area (Å²) in [5.74, 6) is 1.89. The third kappa shape index (κ3) is 3.18. The molecule has 1 aliphatic heterocycles. The topological polar surface area (TPSA) is 28.6 Å². The predicted molar refractivity (Wildman–Crippen MR) is 78.0 cm³/mol. The molecule has 2 aromatic rings. The van der Waals surface area contributed by atoms with Crippen molar-refractivity contribution in [2.24, 2.45) is 0 Å². The summed E-state index contributed by atoms with van der Waals surface area (Å²) < 4.78 is 0. The van der Waals surface area contributed by atoms with Gasteiger partial charge in [0.1, 0.15) is 11.6 Å². The molecule has 0 amide bonds. The summed E-state index contributed by atoms with van der Waals surface area (Å²) in [5.41, 5.74) is 1.87. The molecule has 1 saturated heterocycles. The molecule has 19 heavy (non-hydrogen) atoms. The van der Waals surface area contributed by atoms with Gasteiger partial charge in [0, 0.05) is 23.5 Å². The largest absolute Gasteiger partial charge is 0.406 e. The van der Waals surface area contributed by atoms with Gasteiger partial charge in [-0.1, -0.05) is 11.6 Å². The molecule has 1 aliphatic rings. The van der Waals surface area contributed by atoms with Gasteiger partial charge in [0.25, 0.3) is 0 Å². The van der Waals surface area contributed by atoms with Crippen LogP contribution in [-0.4, -0.2) is 36.2 Å². The molecule has 0 aliphatic carbocycles. The van der Waals surface area contributed by atoms with Crippen molar-refractivity contribution in [3.63, 3.8) is 0 Å². The van der Waals surface area contributed by atoms with Crippen molar-refractivity contribution in [2.75, 3.05) is 31.1 Å². The van der Waals surface area contributed by atoms with E-state index in [4.69, 9.17) is 16.4 Å². The minimum atomic E-state index is 0.723. The first-order valence-electron chi connectivity index (χ1n) is 6.13. The van der Waals surface area contributed by atoms with Crippen molar-refractivity contribution in [2.45, 2.75) is 0 Å². The molecule has 6 heteroatoms. The highest BCUT2D eigenvalue weighted by Gasteiger charge is 2.19. The second-order valence-corrected chi connectivity index (χ2v) is 5.46. The van der Waals surface area contributed by atoms with Crippen molar-refractivity contribution in [1.29, 1.82) is 0 Å². The Morgan fingerprint density at radius 3 is 2.47 bits per heavy atom. The fourth-order valence-electron chi connectivity index (χ4n) is 2.02. The van der Waals surface area contributed by atoms with E-state index >= 15 is 0 Å². The Bertz CT molecular complexity index is 509. The molecule has 0 bridgehead atoms. The van der Waals surface area contributed by atoms with E-state index in [1.807, 2.05) is 34.8 Å². The standard InChI is InChI=1S/C13H14ClN3OS/c14-11-1-3-12(4-2-11)18-17-7-5-16(6-8-17)13-9-19-10-15-13/h1-4,9-10H,5-8H2. The molecule has 2 heterocycles. The maximum absolute atomic E-state index is 5.85. The first-order chi connectivity index (χ1) is 9.31. The van der Waals surface area contributed by atoms with Crippen LogP contribution >= 0.6 is 22.9 Å². The van der Waals surface area contributed by atoms with Crippen molar-refractivity contribution < 1.29 is 4.84 Å². The first-order valence-corrected chi connectivity index (χ1v) is 7.45. The zero-order chi connectivity index (χ0) is 13.1. The van der Waals surface area contributed by atoms with Crippen LogP contribution in [0.5, 0.6) is 5.75 Å². The van der Waals surface area contributed by atoms with Gasteiger partial charge in [-0.2, -0.15) is 0 Å². The zero-order valence-electron chi connectivity index (χ0n) is 10.3. The van der Waals surface area contributed by atoms with Gasteiger partial charge in [-0.25, -0.2) is 4.98 Å². The number of piperazine rings is 1. The normalized spacial score (nSPS) is 16.6. The minimum Gasteiger partial charge on any atom is -0.406 e. The van der Waals surface area contributed by atoms with Gasteiger partial charge in [0.15, 0.2) is 0 Å². The number of nitrogens with zero attached hydrogens (tertiary/aromatic N) is 3. The number of rotatable bonds is 3. The molecule has 0 radical (unpaired) electrons. The summed E-state index contributed by atoms with van der Waals surface area (Å²) in [5, 5.41) is 4.78. The van der Waals surface area contributed by atoms with Gasteiger partial charge in [-0.15, -0.1) is 16.4 Å². The monoisotopic (exact) mass is 295 g/mol. The summed E-state index contributed by atoms with van der Waals surface area (Å²) in [6, 6.07) is 7.44. The quantitative estimate of drug-likeness (QED) is 0.870. The summed E-state index contributed by atoms with van der Waals surface area (Å²) in [6.07, 6.45) is 0. The number of hydroxylamine groups is 2. The van der Waals surface area contributed by atoms with Gasteiger partial charge in [0.2, 0.25) is 0 Å². The van der Waals surface area contributed by atoms with Crippen LogP contribution in [0, 0.1) is 0 Å². The number of aromatic nitrogens is 1. The van der Waals surface area contributed by atoms with Crippen LogP contribution in [0.15, 0.2) is 35.2 Å². The van der Waals surface area contributed by atoms with E-state index in [1.165, 1.54) is 0 Å². The smallest absolute Gasteiger partial charge is 0.147 e. The van der Waals surface area contributed by atoms with Crippen LogP contribution in [0.25, 0.3) is 0 Å².